The van der Waals surface area contributed by atoms with Crippen molar-refractivity contribution in [1.29, 1.82) is 0 Å². The van der Waals surface area contributed by atoms with E-state index in [4.69, 9.17) is 21.1 Å². The summed E-state index contributed by atoms with van der Waals surface area (Å²) in [6, 6.07) is 16.6. The van der Waals surface area contributed by atoms with Crippen molar-refractivity contribution in [1.82, 2.24) is 15.3 Å². The molecule has 4 aromatic rings. The third-order valence-electron chi connectivity index (χ3n) is 5.78. The van der Waals surface area contributed by atoms with Crippen molar-refractivity contribution >= 4 is 51.7 Å². The minimum atomic E-state index is -0.625. The van der Waals surface area contributed by atoms with E-state index in [1.807, 2.05) is 0 Å². The largest absolute Gasteiger partial charge is 0.487 e. The first-order chi connectivity index (χ1) is 19.5. The highest BCUT2D eigenvalue weighted by atomic mass is 35.5. The van der Waals surface area contributed by atoms with Crippen molar-refractivity contribution in [3.63, 3.8) is 0 Å². The lowest BCUT2D eigenvalue weighted by atomic mass is 10.1. The molecule has 1 atom stereocenters. The zero-order valence-electron chi connectivity index (χ0n) is 23.1. The van der Waals surface area contributed by atoms with E-state index in [0.717, 1.165) is 0 Å². The van der Waals surface area contributed by atoms with Gasteiger partial charge in [-0.15, -0.1) is 0 Å². The molecule has 3 N–H and O–H groups in total. The molecular weight excluding hydrogens is 549 g/mol. The molecule has 0 aliphatic heterocycles. The molecule has 0 spiro atoms. The Morgan fingerprint density at radius 2 is 1.80 bits per heavy atom. The highest BCUT2D eigenvalue weighted by molar-refractivity contribution is 6.32. The van der Waals surface area contributed by atoms with Crippen molar-refractivity contribution in [2.24, 2.45) is 5.92 Å². The number of halogens is 2. The fraction of sp³-hybridized carbons (Fsp3) is 0.267. The third kappa shape index (κ3) is 8.52. The Kier molecular flexibility index (Phi) is 9.24. The zero-order valence-corrected chi connectivity index (χ0v) is 23.9. The number of benzene rings is 3. The quantitative estimate of drug-likeness (QED) is 0.199. The zero-order chi connectivity index (χ0) is 29.6. The lowest BCUT2D eigenvalue weighted by molar-refractivity contribution is -0.119. The Balaban J connectivity index is 1.42. The van der Waals surface area contributed by atoms with E-state index in [-0.39, 0.29) is 24.9 Å². The summed E-state index contributed by atoms with van der Waals surface area (Å²) in [6.07, 6.45) is 0.854. The maximum atomic E-state index is 13.4. The molecule has 1 aromatic heterocycles. The summed E-state index contributed by atoms with van der Waals surface area (Å²) >= 11 is 6.45. The lowest BCUT2D eigenvalue weighted by Crippen LogP contribution is -2.37. The SMILES string of the molecule is CC(CNC(=O)OC(C)(C)C)C(=O)Nc1ccc2ncnc(Nc3ccc(OCc4cccc(F)c4)c(Cl)c3)c2c1. The number of hydrogen-bond acceptors (Lipinski definition) is 7. The molecule has 1 heterocycles. The van der Waals surface area contributed by atoms with Crippen LogP contribution in [0.15, 0.2) is 67.0 Å². The second-order valence-corrected chi connectivity index (χ2v) is 10.8. The summed E-state index contributed by atoms with van der Waals surface area (Å²) in [4.78, 5) is 33.3. The number of alkyl carbamates (subject to hydrolysis) is 1. The van der Waals surface area contributed by atoms with Crippen molar-refractivity contribution in [2.45, 2.75) is 39.9 Å². The molecule has 4 rings (SSSR count). The Hall–Kier alpha value is -4.44. The summed E-state index contributed by atoms with van der Waals surface area (Å²) in [6.45, 7) is 7.30. The average Bonchev–Trinajstić information content (AvgIpc) is 2.90. The predicted molar refractivity (Wildman–Crippen MR) is 157 cm³/mol. The molecule has 9 nitrogen and oxygen atoms in total. The molecule has 0 aliphatic rings. The summed E-state index contributed by atoms with van der Waals surface area (Å²) in [5, 5.41) is 9.76. The predicted octanol–water partition coefficient (Wildman–Crippen LogP) is 6.84. The van der Waals surface area contributed by atoms with Gasteiger partial charge in [0.05, 0.1) is 16.5 Å². The Labute approximate surface area is 242 Å². The smallest absolute Gasteiger partial charge is 0.407 e. The average molecular weight is 580 g/mol. The van der Waals surface area contributed by atoms with Gasteiger partial charge in [0, 0.05) is 23.3 Å². The number of ether oxygens (including phenoxy) is 2. The number of anilines is 3. The maximum Gasteiger partial charge on any atom is 0.407 e. The number of carbonyl (C=O) groups excluding carboxylic acids is 2. The van der Waals surface area contributed by atoms with Gasteiger partial charge in [-0.05, 0) is 74.9 Å². The van der Waals surface area contributed by atoms with Crippen LogP contribution in [0, 0.1) is 11.7 Å². The number of carbonyl (C=O) groups is 2. The van der Waals surface area contributed by atoms with Gasteiger partial charge in [-0.1, -0.05) is 30.7 Å². The van der Waals surface area contributed by atoms with E-state index >= 15 is 0 Å². The summed E-state index contributed by atoms with van der Waals surface area (Å²) in [5.74, 6) is -0.148. The minimum absolute atomic E-state index is 0.118. The first-order valence-corrected chi connectivity index (χ1v) is 13.3. The van der Waals surface area contributed by atoms with Crippen LogP contribution in [0.1, 0.15) is 33.3 Å². The van der Waals surface area contributed by atoms with E-state index in [1.54, 1.807) is 76.2 Å². The molecule has 1 unspecified atom stereocenters. The molecule has 0 aliphatic carbocycles. The Morgan fingerprint density at radius 1 is 1.02 bits per heavy atom. The highest BCUT2D eigenvalue weighted by Gasteiger charge is 2.19. The second-order valence-electron chi connectivity index (χ2n) is 10.4. The Morgan fingerprint density at radius 3 is 2.54 bits per heavy atom. The summed E-state index contributed by atoms with van der Waals surface area (Å²) in [5.41, 5.74) is 1.93. The normalized spacial score (nSPS) is 12.0. The molecule has 0 saturated heterocycles. The number of aromatic nitrogens is 2. The maximum absolute atomic E-state index is 13.4. The van der Waals surface area contributed by atoms with Crippen LogP contribution in [0.2, 0.25) is 5.02 Å². The van der Waals surface area contributed by atoms with E-state index < -0.39 is 17.6 Å². The van der Waals surface area contributed by atoms with Crippen LogP contribution >= 0.6 is 11.6 Å². The second kappa shape index (κ2) is 12.8. The van der Waals surface area contributed by atoms with E-state index in [2.05, 4.69) is 25.9 Å². The number of hydrogen-bond donors (Lipinski definition) is 3. The molecule has 0 fully saturated rings. The van der Waals surface area contributed by atoms with Gasteiger partial charge in [0.25, 0.3) is 0 Å². The van der Waals surface area contributed by atoms with Crippen LogP contribution in [-0.4, -0.2) is 34.1 Å². The monoisotopic (exact) mass is 579 g/mol. The van der Waals surface area contributed by atoms with Crippen LogP contribution in [0.3, 0.4) is 0 Å². The summed E-state index contributed by atoms with van der Waals surface area (Å²) in [7, 11) is 0. The van der Waals surface area contributed by atoms with Crippen molar-refractivity contribution in [3.8, 4) is 5.75 Å². The van der Waals surface area contributed by atoms with Gasteiger partial charge in [-0.3, -0.25) is 4.79 Å². The minimum Gasteiger partial charge on any atom is -0.487 e. The molecule has 3 aromatic carbocycles. The molecule has 0 radical (unpaired) electrons. The van der Waals surface area contributed by atoms with Gasteiger partial charge in [0.1, 0.15) is 35.9 Å². The van der Waals surface area contributed by atoms with Crippen LogP contribution in [0.5, 0.6) is 5.75 Å². The van der Waals surface area contributed by atoms with Crippen LogP contribution in [-0.2, 0) is 16.1 Å². The first-order valence-electron chi connectivity index (χ1n) is 12.9. The van der Waals surface area contributed by atoms with E-state index in [9.17, 15) is 14.0 Å². The van der Waals surface area contributed by atoms with Gasteiger partial charge in [0.2, 0.25) is 5.91 Å². The number of rotatable bonds is 9. The number of amides is 2. The standard InChI is InChI=1S/C30H31ClFN5O4/c1-18(15-33-29(39)41-30(2,3)4)28(38)37-21-8-10-25-23(13-21)27(35-17-34-25)36-22-9-11-26(24(31)14-22)40-16-19-6-5-7-20(32)12-19/h5-14,17-18H,15-16H2,1-4H3,(H,33,39)(H,37,38)(H,34,35,36). The van der Waals surface area contributed by atoms with Gasteiger partial charge in [-0.25, -0.2) is 19.2 Å². The molecule has 2 amide bonds. The van der Waals surface area contributed by atoms with Crippen LogP contribution < -0.4 is 20.7 Å². The van der Waals surface area contributed by atoms with Gasteiger partial charge in [0.15, 0.2) is 0 Å². The number of nitrogens with zero attached hydrogens (tertiary/aromatic N) is 2. The highest BCUT2D eigenvalue weighted by Crippen LogP contribution is 2.31. The molecular formula is C30H31ClFN5O4. The fourth-order valence-corrected chi connectivity index (χ4v) is 4.00. The van der Waals surface area contributed by atoms with Gasteiger partial charge in [-0.2, -0.15) is 0 Å². The van der Waals surface area contributed by atoms with Crippen molar-refractivity contribution in [3.05, 3.63) is 83.4 Å². The molecule has 11 heteroatoms. The molecule has 41 heavy (non-hydrogen) atoms. The first kappa shape index (κ1) is 29.5. The van der Waals surface area contributed by atoms with Crippen LogP contribution in [0.25, 0.3) is 10.9 Å². The molecule has 214 valence electrons. The van der Waals surface area contributed by atoms with E-state index in [0.29, 0.717) is 44.4 Å². The number of nitrogens with one attached hydrogen (secondary N) is 3. The fourth-order valence-electron chi connectivity index (χ4n) is 3.76. The topological polar surface area (TPSA) is 114 Å². The van der Waals surface area contributed by atoms with Crippen molar-refractivity contribution < 1.29 is 23.5 Å². The molecule has 0 bridgehead atoms. The van der Waals surface area contributed by atoms with Gasteiger partial charge < -0.3 is 25.4 Å². The Bertz CT molecular complexity index is 1560. The lowest BCUT2D eigenvalue weighted by Gasteiger charge is -2.20. The number of fused-ring (bicyclic) bond motifs is 1. The molecule has 0 saturated carbocycles. The van der Waals surface area contributed by atoms with Gasteiger partial charge >= 0.3 is 6.09 Å². The van der Waals surface area contributed by atoms with E-state index in [1.165, 1.54) is 18.5 Å². The van der Waals surface area contributed by atoms with Crippen LogP contribution in [0.4, 0.5) is 26.4 Å². The van der Waals surface area contributed by atoms with Crippen molar-refractivity contribution in [2.75, 3.05) is 17.2 Å². The third-order valence-corrected chi connectivity index (χ3v) is 6.08. The summed E-state index contributed by atoms with van der Waals surface area (Å²) < 4.78 is 24.4.